The van der Waals surface area contributed by atoms with Gasteiger partial charge in [-0.3, -0.25) is 0 Å². The summed E-state index contributed by atoms with van der Waals surface area (Å²) in [5.74, 6) is 0.733. The van der Waals surface area contributed by atoms with Crippen molar-refractivity contribution >= 4 is 5.97 Å². The molecule has 0 atom stereocenters. The third-order valence-corrected chi connectivity index (χ3v) is 4.02. The van der Waals surface area contributed by atoms with Gasteiger partial charge < -0.3 is 19.3 Å². The van der Waals surface area contributed by atoms with Crippen molar-refractivity contribution in [1.82, 2.24) is 0 Å². The topological polar surface area (TPSA) is 65.0 Å². The van der Waals surface area contributed by atoms with E-state index in [4.69, 9.17) is 19.3 Å². The van der Waals surface area contributed by atoms with Crippen LogP contribution in [0.15, 0.2) is 36.4 Å². The van der Waals surface area contributed by atoms with Crippen molar-refractivity contribution in [2.24, 2.45) is 0 Å². The van der Waals surface area contributed by atoms with Gasteiger partial charge in [0.15, 0.2) is 11.5 Å². The first kappa shape index (κ1) is 19.6. The number of benzene rings is 2. The molecule has 0 saturated heterocycles. The summed E-state index contributed by atoms with van der Waals surface area (Å²) in [5.41, 5.74) is 2.34. The second-order valence-corrected chi connectivity index (χ2v) is 7.07. The average molecular weight is 358 g/mol. The number of carbonyl (C=O) groups is 1. The smallest absolute Gasteiger partial charge is 0.335 e. The van der Waals surface area contributed by atoms with Crippen molar-refractivity contribution in [1.29, 1.82) is 0 Å². The highest BCUT2D eigenvalue weighted by Gasteiger charge is 2.20. The van der Waals surface area contributed by atoms with Gasteiger partial charge in [0.25, 0.3) is 0 Å². The van der Waals surface area contributed by atoms with Gasteiger partial charge in [0.05, 0.1) is 12.7 Å². The molecule has 0 fully saturated rings. The molecule has 26 heavy (non-hydrogen) atoms. The number of rotatable bonds is 7. The maximum absolute atomic E-state index is 11.1. The van der Waals surface area contributed by atoms with Crippen molar-refractivity contribution in [2.75, 3.05) is 20.3 Å². The molecule has 0 aliphatic rings. The van der Waals surface area contributed by atoms with Crippen LogP contribution in [0.5, 0.6) is 17.2 Å². The summed E-state index contributed by atoms with van der Waals surface area (Å²) in [6.45, 7) is 9.07. The molecule has 0 aliphatic heterocycles. The van der Waals surface area contributed by atoms with E-state index in [1.54, 1.807) is 6.07 Å². The van der Waals surface area contributed by atoms with Crippen LogP contribution in [0.1, 0.15) is 42.3 Å². The van der Waals surface area contributed by atoms with Crippen LogP contribution in [0.2, 0.25) is 0 Å². The van der Waals surface area contributed by atoms with E-state index in [0.717, 1.165) is 16.9 Å². The van der Waals surface area contributed by atoms with E-state index in [9.17, 15) is 4.79 Å². The number of methoxy groups -OCH3 is 1. The van der Waals surface area contributed by atoms with Crippen LogP contribution < -0.4 is 14.2 Å². The Bertz CT molecular complexity index is 774. The van der Waals surface area contributed by atoms with E-state index < -0.39 is 5.97 Å². The Morgan fingerprint density at radius 3 is 2.35 bits per heavy atom. The number of aromatic carboxylic acids is 1. The fourth-order valence-electron chi connectivity index (χ4n) is 2.65. The van der Waals surface area contributed by atoms with Gasteiger partial charge in [-0.05, 0) is 41.7 Å². The maximum atomic E-state index is 11.1. The Kier molecular flexibility index (Phi) is 6.14. The zero-order valence-corrected chi connectivity index (χ0v) is 16.0. The van der Waals surface area contributed by atoms with Gasteiger partial charge in [0.1, 0.15) is 19.0 Å². The molecule has 5 nitrogen and oxygen atoms in total. The molecule has 0 heterocycles. The zero-order valence-electron chi connectivity index (χ0n) is 16.0. The number of ether oxygens (including phenoxy) is 3. The van der Waals surface area contributed by atoms with E-state index in [2.05, 4.69) is 26.8 Å². The van der Waals surface area contributed by atoms with E-state index in [-0.39, 0.29) is 17.6 Å². The van der Waals surface area contributed by atoms with Crippen molar-refractivity contribution in [3.63, 3.8) is 0 Å². The van der Waals surface area contributed by atoms with Crippen molar-refractivity contribution in [3.8, 4) is 17.2 Å². The Morgan fingerprint density at radius 2 is 1.73 bits per heavy atom. The molecule has 0 bridgehead atoms. The lowest BCUT2D eigenvalue weighted by molar-refractivity contribution is 0.0696. The third-order valence-electron chi connectivity index (χ3n) is 4.02. The summed E-state index contributed by atoms with van der Waals surface area (Å²) >= 11 is 0. The van der Waals surface area contributed by atoms with Crippen LogP contribution >= 0.6 is 0 Å². The Balaban J connectivity index is 2.06. The molecule has 0 unspecified atom stereocenters. The summed E-state index contributed by atoms with van der Waals surface area (Å²) in [7, 11) is 1.52. The molecule has 0 saturated carbocycles. The molecule has 2 rings (SSSR count). The number of para-hydroxylation sites is 1. The number of hydrogen-bond acceptors (Lipinski definition) is 4. The molecule has 1 N–H and O–H groups in total. The number of hydrogen-bond donors (Lipinski definition) is 1. The monoisotopic (exact) mass is 358 g/mol. The lowest BCUT2D eigenvalue weighted by Gasteiger charge is -2.24. The molecule has 0 aliphatic carbocycles. The fourth-order valence-corrected chi connectivity index (χ4v) is 2.65. The highest BCUT2D eigenvalue weighted by atomic mass is 16.5. The molecule has 0 amide bonds. The molecular formula is C21H26O5. The van der Waals surface area contributed by atoms with Gasteiger partial charge in [-0.15, -0.1) is 0 Å². The van der Waals surface area contributed by atoms with Crippen LogP contribution in [0, 0.1) is 6.92 Å². The largest absolute Gasteiger partial charge is 0.493 e. The average Bonchev–Trinajstić information content (AvgIpc) is 2.58. The number of carboxylic acids is 1. The highest BCUT2D eigenvalue weighted by molar-refractivity contribution is 5.88. The summed E-state index contributed by atoms with van der Waals surface area (Å²) in [4.78, 5) is 11.1. The second kappa shape index (κ2) is 8.13. The van der Waals surface area contributed by atoms with E-state index in [0.29, 0.717) is 18.1 Å². The van der Waals surface area contributed by atoms with Gasteiger partial charge in [-0.25, -0.2) is 4.79 Å². The third kappa shape index (κ3) is 4.69. The molecule has 2 aromatic rings. The highest BCUT2D eigenvalue weighted by Crippen LogP contribution is 2.34. The van der Waals surface area contributed by atoms with Gasteiger partial charge in [-0.1, -0.05) is 39.0 Å². The van der Waals surface area contributed by atoms with Gasteiger partial charge in [-0.2, -0.15) is 0 Å². The molecule has 0 aromatic heterocycles. The fraction of sp³-hybridized carbons (Fsp3) is 0.381. The number of aryl methyl sites for hydroxylation is 1. The Hall–Kier alpha value is -2.69. The van der Waals surface area contributed by atoms with Crippen molar-refractivity contribution < 1.29 is 24.1 Å². The Labute approximate surface area is 154 Å². The number of carboxylic acid groups (broad SMARTS) is 1. The van der Waals surface area contributed by atoms with Crippen molar-refractivity contribution in [2.45, 2.75) is 33.1 Å². The van der Waals surface area contributed by atoms with E-state index >= 15 is 0 Å². The van der Waals surface area contributed by atoms with Crippen LogP contribution in [-0.4, -0.2) is 31.4 Å². The van der Waals surface area contributed by atoms with E-state index in [1.165, 1.54) is 19.2 Å². The predicted octanol–water partition coefficient (Wildman–Crippen LogP) is 4.46. The summed E-state index contributed by atoms with van der Waals surface area (Å²) < 4.78 is 16.9. The first-order valence-corrected chi connectivity index (χ1v) is 8.51. The summed E-state index contributed by atoms with van der Waals surface area (Å²) in [5, 5.41) is 9.11. The van der Waals surface area contributed by atoms with Crippen LogP contribution in [0.25, 0.3) is 0 Å². The Morgan fingerprint density at radius 1 is 1.04 bits per heavy atom. The van der Waals surface area contributed by atoms with Crippen molar-refractivity contribution in [3.05, 3.63) is 53.1 Å². The van der Waals surface area contributed by atoms with E-state index in [1.807, 2.05) is 19.1 Å². The predicted molar refractivity (Wildman–Crippen MR) is 101 cm³/mol. The normalized spacial score (nSPS) is 11.1. The minimum absolute atomic E-state index is 0.0265. The summed E-state index contributed by atoms with van der Waals surface area (Å²) in [6.07, 6.45) is 0. The van der Waals surface area contributed by atoms with Gasteiger partial charge in [0.2, 0.25) is 0 Å². The molecule has 5 heteroatoms. The van der Waals surface area contributed by atoms with Crippen LogP contribution in [-0.2, 0) is 5.41 Å². The van der Waals surface area contributed by atoms with Gasteiger partial charge >= 0.3 is 5.97 Å². The first-order chi connectivity index (χ1) is 12.2. The molecule has 0 radical (unpaired) electrons. The first-order valence-electron chi connectivity index (χ1n) is 8.51. The standard InChI is InChI=1S/C21H26O5/c1-14-7-6-8-16(21(2,3)4)19(14)26-12-11-25-18-13-15(20(22)23)9-10-17(18)24-5/h6-10,13H,11-12H2,1-5H3,(H,22,23). The van der Waals surface area contributed by atoms with Crippen LogP contribution in [0.4, 0.5) is 0 Å². The SMILES string of the molecule is COc1ccc(C(=O)O)cc1OCCOc1c(C)cccc1C(C)(C)C. The quantitative estimate of drug-likeness (QED) is 0.741. The zero-order chi connectivity index (χ0) is 19.3. The lowest BCUT2D eigenvalue weighted by Crippen LogP contribution is -2.17. The molecule has 0 spiro atoms. The maximum Gasteiger partial charge on any atom is 0.335 e. The molecular weight excluding hydrogens is 332 g/mol. The minimum atomic E-state index is -1.01. The summed E-state index contributed by atoms with van der Waals surface area (Å²) in [6, 6.07) is 10.6. The molecule has 2 aromatic carbocycles. The van der Waals surface area contributed by atoms with Gasteiger partial charge in [0, 0.05) is 0 Å². The lowest BCUT2D eigenvalue weighted by atomic mass is 9.85. The minimum Gasteiger partial charge on any atom is -0.493 e. The molecule has 140 valence electrons. The van der Waals surface area contributed by atoms with Crippen LogP contribution in [0.3, 0.4) is 0 Å². The second-order valence-electron chi connectivity index (χ2n) is 7.07.